The van der Waals surface area contributed by atoms with E-state index in [1.54, 1.807) is 7.11 Å². The number of aromatic nitrogens is 1. The highest BCUT2D eigenvalue weighted by molar-refractivity contribution is 5.85. The lowest BCUT2D eigenvalue weighted by Crippen LogP contribution is -2.23. The Labute approximate surface area is 169 Å². The lowest BCUT2D eigenvalue weighted by atomic mass is 10.1. The number of hydrogen-bond donors (Lipinski definition) is 1. The molecule has 0 unspecified atom stereocenters. The van der Waals surface area contributed by atoms with Gasteiger partial charge >= 0.3 is 0 Å². The highest BCUT2D eigenvalue weighted by Gasteiger charge is 2.14. The van der Waals surface area contributed by atoms with Crippen LogP contribution in [-0.4, -0.2) is 73.3 Å². The summed E-state index contributed by atoms with van der Waals surface area (Å²) in [5, 5.41) is 8.23. The molecule has 1 aliphatic rings. The van der Waals surface area contributed by atoms with E-state index >= 15 is 0 Å². The molecule has 1 aromatic heterocycles. The molecule has 1 N–H and O–H groups in total. The average Bonchev–Trinajstić information content (AvgIpc) is 3.34. The Morgan fingerprint density at radius 3 is 2.39 bits per heavy atom. The Kier molecular flexibility index (Phi) is 11.3. The van der Waals surface area contributed by atoms with Crippen LogP contribution in [0.2, 0.25) is 0 Å². The molecule has 1 saturated heterocycles. The van der Waals surface area contributed by atoms with Crippen molar-refractivity contribution in [2.75, 3.05) is 47.4 Å². The number of methoxy groups -OCH3 is 1. The predicted molar refractivity (Wildman–Crippen MR) is 116 cm³/mol. The van der Waals surface area contributed by atoms with Gasteiger partial charge in [-0.25, -0.2) is 0 Å². The largest absolute Gasteiger partial charge is 0.497 e. The number of likely N-dealkylation sites (N-methyl/N-ethyl adjacent to an activating group) is 1. The number of fused-ring (bicyclic) bond motifs is 1. The van der Waals surface area contributed by atoms with Crippen molar-refractivity contribution in [3.05, 3.63) is 30.0 Å². The van der Waals surface area contributed by atoms with Crippen LogP contribution in [0.4, 0.5) is 0 Å². The molecule has 1 fully saturated rings. The first kappa shape index (κ1) is 24.0. The monoisotopic (exact) mass is 391 g/mol. The molecule has 1 aliphatic heterocycles. The number of nitrogens with zero attached hydrogens (tertiary/aromatic N) is 3. The summed E-state index contributed by atoms with van der Waals surface area (Å²) >= 11 is 0. The maximum absolute atomic E-state index is 8.36. The molecule has 3 rings (SSSR count). The quantitative estimate of drug-likeness (QED) is 0.731. The fourth-order valence-corrected chi connectivity index (χ4v) is 3.46. The van der Waals surface area contributed by atoms with E-state index in [4.69, 9.17) is 14.6 Å². The van der Waals surface area contributed by atoms with Gasteiger partial charge in [0.15, 0.2) is 0 Å². The van der Waals surface area contributed by atoms with Crippen molar-refractivity contribution in [3.8, 4) is 5.75 Å². The molecule has 0 radical (unpaired) electrons. The first-order valence-electron chi connectivity index (χ1n) is 10.2. The number of hydrogen-bond acceptors (Lipinski definition) is 4. The molecule has 0 amide bonds. The standard InChI is InChI=1S/C19H29N3O.C2H6.CH2O2/c1-20(2)11-8-16-15-22(13-12-21-9-4-5-10-21)19-7-6-17(23-3)14-18(16)19;1-2;2-1-3/h6-7,14-15H,4-5,8-13H2,1-3H3;1-2H3;1H,(H,2,3). The Morgan fingerprint density at radius 2 is 1.82 bits per heavy atom. The molecule has 0 bridgehead atoms. The van der Waals surface area contributed by atoms with Gasteiger partial charge in [0.25, 0.3) is 6.47 Å². The summed E-state index contributed by atoms with van der Waals surface area (Å²) in [7, 11) is 6.01. The summed E-state index contributed by atoms with van der Waals surface area (Å²) in [5.74, 6) is 0.945. The number of carboxylic acid groups (broad SMARTS) is 1. The normalized spacial score (nSPS) is 13.6. The molecule has 0 saturated carbocycles. The fourth-order valence-electron chi connectivity index (χ4n) is 3.46. The molecule has 1 aromatic carbocycles. The number of benzene rings is 1. The molecule has 6 heteroatoms. The van der Waals surface area contributed by atoms with Crippen molar-refractivity contribution in [1.82, 2.24) is 14.4 Å². The van der Waals surface area contributed by atoms with Crippen molar-refractivity contribution in [3.63, 3.8) is 0 Å². The maximum Gasteiger partial charge on any atom is 0.290 e. The predicted octanol–water partition coefficient (Wildman–Crippen LogP) is 3.58. The molecule has 28 heavy (non-hydrogen) atoms. The van der Waals surface area contributed by atoms with E-state index < -0.39 is 0 Å². The Bertz CT molecular complexity index is 692. The van der Waals surface area contributed by atoms with Gasteiger partial charge < -0.3 is 24.2 Å². The molecule has 0 atom stereocenters. The lowest BCUT2D eigenvalue weighted by Gasteiger charge is -2.15. The van der Waals surface area contributed by atoms with Gasteiger partial charge in [-0.05, 0) is 70.2 Å². The highest BCUT2D eigenvalue weighted by atomic mass is 16.5. The summed E-state index contributed by atoms with van der Waals surface area (Å²) in [4.78, 5) is 13.2. The van der Waals surface area contributed by atoms with Gasteiger partial charge in [0.2, 0.25) is 0 Å². The fraction of sp³-hybridized carbons (Fsp3) is 0.591. The summed E-state index contributed by atoms with van der Waals surface area (Å²) in [5.41, 5.74) is 2.76. The van der Waals surface area contributed by atoms with E-state index in [1.807, 2.05) is 13.8 Å². The summed E-state index contributed by atoms with van der Waals surface area (Å²) < 4.78 is 7.85. The molecule has 0 aliphatic carbocycles. The van der Waals surface area contributed by atoms with E-state index in [-0.39, 0.29) is 6.47 Å². The van der Waals surface area contributed by atoms with Crippen LogP contribution in [0.3, 0.4) is 0 Å². The minimum absolute atomic E-state index is 0.250. The molecule has 2 aromatic rings. The van der Waals surface area contributed by atoms with Crippen LogP contribution in [0.25, 0.3) is 10.9 Å². The summed E-state index contributed by atoms with van der Waals surface area (Å²) in [6.07, 6.45) is 6.15. The molecule has 6 nitrogen and oxygen atoms in total. The van der Waals surface area contributed by atoms with Crippen LogP contribution < -0.4 is 4.74 Å². The lowest BCUT2D eigenvalue weighted by molar-refractivity contribution is -0.122. The van der Waals surface area contributed by atoms with Crippen molar-refractivity contribution >= 4 is 17.4 Å². The second kappa shape index (κ2) is 13.2. The second-order valence-electron chi connectivity index (χ2n) is 6.94. The van der Waals surface area contributed by atoms with Crippen LogP contribution >= 0.6 is 0 Å². The second-order valence-corrected chi connectivity index (χ2v) is 6.94. The van der Waals surface area contributed by atoms with Gasteiger partial charge in [0.05, 0.1) is 7.11 Å². The zero-order valence-electron chi connectivity index (χ0n) is 18.1. The number of likely N-dealkylation sites (tertiary alicyclic amines) is 1. The zero-order valence-corrected chi connectivity index (χ0v) is 18.1. The third kappa shape index (κ3) is 7.17. The maximum atomic E-state index is 8.36. The number of ether oxygens (including phenoxy) is 1. The smallest absolute Gasteiger partial charge is 0.290 e. The van der Waals surface area contributed by atoms with E-state index in [0.717, 1.165) is 31.8 Å². The van der Waals surface area contributed by atoms with Gasteiger partial charge in [0.1, 0.15) is 5.75 Å². The Hall–Kier alpha value is -2.05. The molecule has 2 heterocycles. The minimum atomic E-state index is -0.250. The van der Waals surface area contributed by atoms with Crippen LogP contribution in [-0.2, 0) is 17.8 Å². The van der Waals surface area contributed by atoms with E-state index in [2.05, 4.69) is 52.9 Å². The van der Waals surface area contributed by atoms with Gasteiger partial charge in [-0.3, -0.25) is 4.79 Å². The summed E-state index contributed by atoms with van der Waals surface area (Å²) in [6, 6.07) is 6.47. The topological polar surface area (TPSA) is 57.9 Å². The van der Waals surface area contributed by atoms with E-state index in [0.29, 0.717) is 0 Å². The highest BCUT2D eigenvalue weighted by Crippen LogP contribution is 2.27. The minimum Gasteiger partial charge on any atom is -0.497 e. The van der Waals surface area contributed by atoms with Crippen molar-refractivity contribution in [2.45, 2.75) is 39.7 Å². The third-order valence-electron chi connectivity index (χ3n) is 4.85. The molecule has 158 valence electrons. The van der Waals surface area contributed by atoms with Crippen LogP contribution in [0.15, 0.2) is 24.4 Å². The molecular weight excluding hydrogens is 354 g/mol. The number of rotatable bonds is 7. The van der Waals surface area contributed by atoms with Gasteiger partial charge in [-0.15, -0.1) is 0 Å². The van der Waals surface area contributed by atoms with E-state index in [1.165, 1.54) is 42.4 Å². The molecular formula is C22H37N3O3. The van der Waals surface area contributed by atoms with Crippen molar-refractivity contribution in [2.24, 2.45) is 0 Å². The Balaban J connectivity index is 0.000000717. The van der Waals surface area contributed by atoms with Crippen LogP contribution in [0.5, 0.6) is 5.75 Å². The first-order valence-corrected chi connectivity index (χ1v) is 10.2. The van der Waals surface area contributed by atoms with Gasteiger partial charge in [0, 0.05) is 36.7 Å². The molecule has 0 spiro atoms. The SMILES string of the molecule is CC.COc1ccc2c(c1)c(CCN(C)C)cn2CCN1CCCC1.O=CO. The van der Waals surface area contributed by atoms with Gasteiger partial charge in [-0.2, -0.15) is 0 Å². The first-order chi connectivity index (χ1) is 13.6. The summed E-state index contributed by atoms with van der Waals surface area (Å²) in [6.45, 7) is 9.58. The third-order valence-corrected chi connectivity index (χ3v) is 4.85. The van der Waals surface area contributed by atoms with Crippen molar-refractivity contribution in [1.29, 1.82) is 0 Å². The van der Waals surface area contributed by atoms with E-state index in [9.17, 15) is 0 Å². The van der Waals surface area contributed by atoms with Crippen molar-refractivity contribution < 1.29 is 14.6 Å². The van der Waals surface area contributed by atoms with Crippen LogP contribution in [0.1, 0.15) is 32.3 Å². The van der Waals surface area contributed by atoms with Crippen LogP contribution in [0, 0.1) is 0 Å². The Morgan fingerprint density at radius 1 is 1.18 bits per heavy atom. The number of carbonyl (C=O) groups is 1. The average molecular weight is 392 g/mol. The van der Waals surface area contributed by atoms with Gasteiger partial charge in [-0.1, -0.05) is 13.8 Å². The zero-order chi connectivity index (χ0) is 20.9.